The molecule has 0 aliphatic carbocycles. The number of aliphatic hydroxyl groups excluding tert-OH is 1. The predicted octanol–water partition coefficient (Wildman–Crippen LogP) is 2.66. The van der Waals surface area contributed by atoms with E-state index in [0.717, 1.165) is 16.7 Å². The summed E-state index contributed by atoms with van der Waals surface area (Å²) in [7, 11) is 0. The third-order valence-electron chi connectivity index (χ3n) is 4.07. The molecule has 3 heteroatoms. The molecule has 0 saturated carbocycles. The minimum Gasteiger partial charge on any atom is -0.387 e. The number of aryl methyl sites for hydroxylation is 1. The van der Waals surface area contributed by atoms with Crippen molar-refractivity contribution < 1.29 is 9.84 Å². The molecule has 1 saturated heterocycles. The molecule has 0 spiro atoms. The van der Waals surface area contributed by atoms with Gasteiger partial charge in [0.25, 0.3) is 0 Å². The molecular weight excluding hydrogens is 226 g/mol. The van der Waals surface area contributed by atoms with E-state index in [4.69, 9.17) is 4.74 Å². The summed E-state index contributed by atoms with van der Waals surface area (Å²) in [6.45, 7) is 5.12. The van der Waals surface area contributed by atoms with E-state index < -0.39 is 11.5 Å². The fourth-order valence-electron chi connectivity index (χ4n) is 2.55. The first-order valence-electron chi connectivity index (χ1n) is 6.34. The first kappa shape index (κ1) is 13.1. The number of hydrogen-bond acceptors (Lipinski definition) is 3. The molecule has 1 aromatic carbocycles. The number of rotatable bonds is 2. The van der Waals surface area contributed by atoms with E-state index in [2.05, 4.69) is 6.07 Å². The summed E-state index contributed by atoms with van der Waals surface area (Å²) >= 11 is 0. The van der Waals surface area contributed by atoms with E-state index in [1.54, 1.807) is 0 Å². The Balaban J connectivity index is 2.37. The summed E-state index contributed by atoms with van der Waals surface area (Å²) in [4.78, 5) is 0. The maximum Gasteiger partial charge on any atom is 0.0980 e. The zero-order valence-electron chi connectivity index (χ0n) is 10.9. The van der Waals surface area contributed by atoms with Gasteiger partial charge in [0.1, 0.15) is 0 Å². The van der Waals surface area contributed by atoms with Gasteiger partial charge in [-0.05, 0) is 43.4 Å². The number of hydrogen-bond donors (Lipinski definition) is 1. The minimum atomic E-state index is -0.730. The van der Waals surface area contributed by atoms with E-state index in [1.807, 2.05) is 32.0 Å². The van der Waals surface area contributed by atoms with Crippen molar-refractivity contribution in [1.82, 2.24) is 0 Å². The molecule has 1 aromatic rings. The molecule has 1 N–H and O–H groups in total. The molecular formula is C15H19NO2. The molecule has 18 heavy (non-hydrogen) atoms. The molecule has 3 nitrogen and oxygen atoms in total. The number of nitrogens with zero attached hydrogens (tertiary/aromatic N) is 1. The molecule has 0 amide bonds. The van der Waals surface area contributed by atoms with E-state index >= 15 is 0 Å². The molecule has 1 aliphatic heterocycles. The van der Waals surface area contributed by atoms with Crippen LogP contribution in [-0.4, -0.2) is 18.3 Å². The van der Waals surface area contributed by atoms with Crippen LogP contribution in [0, 0.1) is 30.6 Å². The number of ether oxygens (including phenoxy) is 1. The lowest BCUT2D eigenvalue weighted by molar-refractivity contribution is -0.0312. The molecule has 96 valence electrons. The molecule has 1 atom stereocenters. The van der Waals surface area contributed by atoms with Crippen LogP contribution in [-0.2, 0) is 4.74 Å². The van der Waals surface area contributed by atoms with Gasteiger partial charge in [0.15, 0.2) is 0 Å². The first-order valence-corrected chi connectivity index (χ1v) is 6.34. The van der Waals surface area contributed by atoms with Gasteiger partial charge in [-0.25, -0.2) is 0 Å². The second kappa shape index (κ2) is 5.09. The lowest BCUT2D eigenvalue weighted by Crippen LogP contribution is -2.34. The fraction of sp³-hybridized carbons (Fsp3) is 0.533. The van der Waals surface area contributed by atoms with Gasteiger partial charge in [-0.2, -0.15) is 5.26 Å². The smallest absolute Gasteiger partial charge is 0.0980 e. The van der Waals surface area contributed by atoms with E-state index in [1.165, 1.54) is 0 Å². The monoisotopic (exact) mass is 245 g/mol. The summed E-state index contributed by atoms with van der Waals surface area (Å²) in [6, 6.07) is 8.21. The average Bonchev–Trinajstić information content (AvgIpc) is 2.42. The van der Waals surface area contributed by atoms with Crippen LogP contribution in [0.3, 0.4) is 0 Å². The Labute approximate surface area is 108 Å². The summed E-state index contributed by atoms with van der Waals surface area (Å²) in [6.07, 6.45) is 0.460. The maximum absolute atomic E-state index is 10.6. The van der Waals surface area contributed by atoms with E-state index in [9.17, 15) is 10.4 Å². The van der Waals surface area contributed by atoms with Gasteiger partial charge in [0, 0.05) is 13.2 Å². The molecule has 0 radical (unpaired) electrons. The van der Waals surface area contributed by atoms with Crippen LogP contribution in [0.2, 0.25) is 0 Å². The molecule has 0 aromatic heterocycles. The van der Waals surface area contributed by atoms with Gasteiger partial charge in [-0.3, -0.25) is 0 Å². The summed E-state index contributed by atoms with van der Waals surface area (Å²) < 4.78 is 5.30. The Bertz CT molecular complexity index is 470. The first-order chi connectivity index (χ1) is 8.60. The molecule has 1 heterocycles. The highest BCUT2D eigenvalue weighted by molar-refractivity contribution is 5.36. The van der Waals surface area contributed by atoms with E-state index in [0.29, 0.717) is 26.1 Å². The Morgan fingerprint density at radius 2 is 2.00 bits per heavy atom. The topological polar surface area (TPSA) is 53.2 Å². The van der Waals surface area contributed by atoms with Crippen LogP contribution >= 0.6 is 0 Å². The Morgan fingerprint density at radius 3 is 2.61 bits per heavy atom. The van der Waals surface area contributed by atoms with Crippen molar-refractivity contribution in [2.45, 2.75) is 32.8 Å². The van der Waals surface area contributed by atoms with Crippen LogP contribution in [0.5, 0.6) is 0 Å². The van der Waals surface area contributed by atoms with Crippen LogP contribution in [0.1, 0.15) is 35.6 Å². The average molecular weight is 245 g/mol. The number of aliphatic hydroxyl groups is 1. The van der Waals surface area contributed by atoms with Gasteiger partial charge >= 0.3 is 0 Å². The Kier molecular flexibility index (Phi) is 3.70. The fourth-order valence-corrected chi connectivity index (χ4v) is 2.55. The predicted molar refractivity (Wildman–Crippen MR) is 69.0 cm³/mol. The third kappa shape index (κ3) is 2.14. The van der Waals surface area contributed by atoms with Crippen LogP contribution < -0.4 is 0 Å². The molecule has 1 unspecified atom stereocenters. The summed E-state index contributed by atoms with van der Waals surface area (Å²) in [5, 5.41) is 20.1. The van der Waals surface area contributed by atoms with Crippen molar-refractivity contribution in [3.05, 3.63) is 34.9 Å². The standard InChI is InChI=1S/C15H19NO2/c1-11-4-3-5-13(12(11)2)14(17)15(10-16)6-8-18-9-7-15/h3-5,14,17H,6-9H2,1-2H3. The van der Waals surface area contributed by atoms with Gasteiger partial charge in [0.05, 0.1) is 17.6 Å². The number of benzene rings is 1. The lowest BCUT2D eigenvalue weighted by atomic mass is 9.73. The van der Waals surface area contributed by atoms with Crippen molar-refractivity contribution in [2.75, 3.05) is 13.2 Å². The van der Waals surface area contributed by atoms with Gasteiger partial charge < -0.3 is 9.84 Å². The second-order valence-electron chi connectivity index (χ2n) is 5.07. The van der Waals surface area contributed by atoms with Gasteiger partial charge in [-0.15, -0.1) is 0 Å². The Hall–Kier alpha value is -1.37. The summed E-state index contributed by atoms with van der Waals surface area (Å²) in [5.74, 6) is 0. The van der Waals surface area contributed by atoms with Crippen molar-refractivity contribution >= 4 is 0 Å². The molecule has 1 fully saturated rings. The van der Waals surface area contributed by atoms with Gasteiger partial charge in [-0.1, -0.05) is 18.2 Å². The zero-order valence-corrected chi connectivity index (χ0v) is 10.9. The van der Waals surface area contributed by atoms with Crippen molar-refractivity contribution in [2.24, 2.45) is 5.41 Å². The minimum absolute atomic E-state index is 0.551. The SMILES string of the molecule is Cc1cccc(C(O)C2(C#N)CCOCC2)c1C. The highest BCUT2D eigenvalue weighted by Gasteiger charge is 2.41. The third-order valence-corrected chi connectivity index (χ3v) is 4.07. The van der Waals surface area contributed by atoms with Crippen LogP contribution in [0.15, 0.2) is 18.2 Å². The summed E-state index contributed by atoms with van der Waals surface area (Å²) in [5.41, 5.74) is 2.40. The molecule has 1 aliphatic rings. The Morgan fingerprint density at radius 1 is 1.33 bits per heavy atom. The molecule has 2 rings (SSSR count). The van der Waals surface area contributed by atoms with Crippen LogP contribution in [0.25, 0.3) is 0 Å². The lowest BCUT2D eigenvalue weighted by Gasteiger charge is -2.35. The highest BCUT2D eigenvalue weighted by atomic mass is 16.5. The number of nitriles is 1. The van der Waals surface area contributed by atoms with Gasteiger partial charge in [0.2, 0.25) is 0 Å². The largest absolute Gasteiger partial charge is 0.387 e. The molecule has 0 bridgehead atoms. The second-order valence-corrected chi connectivity index (χ2v) is 5.07. The van der Waals surface area contributed by atoms with Crippen LogP contribution in [0.4, 0.5) is 0 Å². The van der Waals surface area contributed by atoms with Crippen molar-refractivity contribution in [3.8, 4) is 6.07 Å². The maximum atomic E-state index is 10.6. The highest BCUT2D eigenvalue weighted by Crippen LogP contribution is 2.43. The normalized spacial score (nSPS) is 20.1. The van der Waals surface area contributed by atoms with E-state index in [-0.39, 0.29) is 0 Å². The van der Waals surface area contributed by atoms with Crippen molar-refractivity contribution in [3.63, 3.8) is 0 Å². The van der Waals surface area contributed by atoms with Crippen molar-refractivity contribution in [1.29, 1.82) is 5.26 Å². The quantitative estimate of drug-likeness (QED) is 0.871. The zero-order chi connectivity index (χ0) is 13.2.